The largest absolute Gasteiger partial charge is 0.493 e. The molecule has 0 saturated carbocycles. The molecule has 0 aromatic heterocycles. The zero-order valence-electron chi connectivity index (χ0n) is 11.8. The monoisotopic (exact) mass is 252 g/mol. The molecule has 4 nitrogen and oxygen atoms in total. The van der Waals surface area contributed by atoms with E-state index in [9.17, 15) is 0 Å². The number of benzene rings is 1. The molecule has 0 heterocycles. The molecule has 102 valence electrons. The van der Waals surface area contributed by atoms with Crippen LogP contribution in [0.15, 0.2) is 18.2 Å². The van der Waals surface area contributed by atoms with Gasteiger partial charge in [-0.25, -0.2) is 0 Å². The number of nitrogens with one attached hydrogen (secondary N) is 1. The Hall–Kier alpha value is -1.26. The molecule has 0 aliphatic heterocycles. The molecule has 1 N–H and O–H groups in total. The van der Waals surface area contributed by atoms with Gasteiger partial charge in [0.05, 0.1) is 13.7 Å². The van der Waals surface area contributed by atoms with Crippen LogP contribution in [0.25, 0.3) is 0 Å². The fraction of sp³-hybridized carbons (Fsp3) is 0.571. The van der Waals surface area contributed by atoms with Crippen LogP contribution in [0.4, 0.5) is 0 Å². The van der Waals surface area contributed by atoms with Gasteiger partial charge in [-0.2, -0.15) is 0 Å². The van der Waals surface area contributed by atoms with Gasteiger partial charge in [0.1, 0.15) is 0 Å². The van der Waals surface area contributed by atoms with E-state index < -0.39 is 0 Å². The Bertz CT molecular complexity index is 354. The fourth-order valence-corrected chi connectivity index (χ4v) is 1.63. The second-order valence-corrected chi connectivity index (χ2v) is 4.40. The highest BCUT2D eigenvalue weighted by Crippen LogP contribution is 2.27. The fourth-order valence-electron chi connectivity index (χ4n) is 1.63. The molecule has 0 bridgehead atoms. The Balaban J connectivity index is 2.51. The van der Waals surface area contributed by atoms with Crippen LogP contribution in [0.3, 0.4) is 0 Å². The number of hydrogen-bond donors (Lipinski definition) is 1. The number of likely N-dealkylation sites (N-methyl/N-ethyl adjacent to an activating group) is 1. The van der Waals surface area contributed by atoms with Crippen molar-refractivity contribution in [1.82, 2.24) is 10.2 Å². The molecule has 0 radical (unpaired) electrons. The molecular formula is C14H24N2O2. The summed E-state index contributed by atoms with van der Waals surface area (Å²) in [6, 6.07) is 6.05. The molecule has 4 heteroatoms. The molecule has 0 unspecified atom stereocenters. The summed E-state index contributed by atoms with van der Waals surface area (Å²) in [7, 11) is 5.81. The van der Waals surface area contributed by atoms with Crippen LogP contribution in [-0.4, -0.2) is 45.8 Å². The van der Waals surface area contributed by atoms with Crippen molar-refractivity contribution < 1.29 is 9.47 Å². The van der Waals surface area contributed by atoms with Gasteiger partial charge in [-0.1, -0.05) is 6.07 Å². The summed E-state index contributed by atoms with van der Waals surface area (Å²) in [6.45, 7) is 5.47. The molecule has 0 amide bonds. The number of nitrogens with zero attached hydrogens (tertiary/aromatic N) is 1. The smallest absolute Gasteiger partial charge is 0.161 e. The van der Waals surface area contributed by atoms with Gasteiger partial charge in [0.15, 0.2) is 11.5 Å². The van der Waals surface area contributed by atoms with E-state index in [1.165, 1.54) is 5.56 Å². The summed E-state index contributed by atoms with van der Waals surface area (Å²) in [4.78, 5) is 2.16. The first-order valence-electron chi connectivity index (χ1n) is 6.32. The maximum atomic E-state index is 5.49. The summed E-state index contributed by atoms with van der Waals surface area (Å²) in [5.74, 6) is 1.60. The molecule has 0 aliphatic carbocycles. The maximum Gasteiger partial charge on any atom is 0.161 e. The van der Waals surface area contributed by atoms with E-state index in [0.29, 0.717) is 6.61 Å². The lowest BCUT2D eigenvalue weighted by Crippen LogP contribution is -2.26. The standard InChI is InChI=1S/C14H24N2O2/c1-5-18-13-7-6-12(10-14(13)17-4)11-15-8-9-16(2)3/h6-7,10,15H,5,8-9,11H2,1-4H3. The predicted octanol–water partition coefficient (Wildman–Crippen LogP) is 1.75. The van der Waals surface area contributed by atoms with Gasteiger partial charge in [-0.3, -0.25) is 0 Å². The van der Waals surface area contributed by atoms with Gasteiger partial charge in [0.2, 0.25) is 0 Å². The average molecular weight is 252 g/mol. The summed E-state index contributed by atoms with van der Waals surface area (Å²) >= 11 is 0. The minimum Gasteiger partial charge on any atom is -0.493 e. The van der Waals surface area contributed by atoms with Crippen LogP contribution < -0.4 is 14.8 Å². The van der Waals surface area contributed by atoms with Crippen molar-refractivity contribution >= 4 is 0 Å². The molecular weight excluding hydrogens is 228 g/mol. The normalized spacial score (nSPS) is 10.7. The molecule has 0 spiro atoms. The van der Waals surface area contributed by atoms with E-state index >= 15 is 0 Å². The molecule has 1 aromatic carbocycles. The van der Waals surface area contributed by atoms with E-state index in [1.54, 1.807) is 7.11 Å². The van der Waals surface area contributed by atoms with Crippen LogP contribution >= 0.6 is 0 Å². The first-order chi connectivity index (χ1) is 8.67. The third-order valence-corrected chi connectivity index (χ3v) is 2.59. The van der Waals surface area contributed by atoms with E-state index in [-0.39, 0.29) is 0 Å². The first-order valence-corrected chi connectivity index (χ1v) is 6.32. The van der Waals surface area contributed by atoms with E-state index in [4.69, 9.17) is 9.47 Å². The van der Waals surface area contributed by atoms with Crippen molar-refractivity contribution in [2.24, 2.45) is 0 Å². The van der Waals surface area contributed by atoms with Crippen LogP contribution in [0.1, 0.15) is 12.5 Å². The average Bonchev–Trinajstić information content (AvgIpc) is 2.36. The van der Waals surface area contributed by atoms with Crippen molar-refractivity contribution in [1.29, 1.82) is 0 Å². The highest BCUT2D eigenvalue weighted by atomic mass is 16.5. The van der Waals surface area contributed by atoms with Gasteiger partial charge in [0, 0.05) is 19.6 Å². The zero-order valence-corrected chi connectivity index (χ0v) is 11.8. The van der Waals surface area contributed by atoms with Crippen LogP contribution in [0.5, 0.6) is 11.5 Å². The van der Waals surface area contributed by atoms with E-state index in [1.807, 2.05) is 19.1 Å². The van der Waals surface area contributed by atoms with E-state index in [0.717, 1.165) is 31.1 Å². The molecule has 1 rings (SSSR count). The van der Waals surface area contributed by atoms with Crippen LogP contribution in [-0.2, 0) is 6.54 Å². The Morgan fingerprint density at radius 3 is 2.61 bits per heavy atom. The number of hydrogen-bond acceptors (Lipinski definition) is 4. The SMILES string of the molecule is CCOc1ccc(CNCCN(C)C)cc1OC. The molecule has 0 saturated heterocycles. The third kappa shape index (κ3) is 4.94. The first kappa shape index (κ1) is 14.8. The van der Waals surface area contributed by atoms with Crippen LogP contribution in [0, 0.1) is 0 Å². The molecule has 0 aliphatic rings. The predicted molar refractivity (Wildman–Crippen MR) is 74.4 cm³/mol. The highest BCUT2D eigenvalue weighted by molar-refractivity contribution is 5.42. The Labute approximate surface area is 110 Å². The Morgan fingerprint density at radius 1 is 1.22 bits per heavy atom. The summed E-state index contributed by atoms with van der Waals surface area (Å²) in [5.41, 5.74) is 1.20. The Kier molecular flexibility index (Phi) is 6.54. The van der Waals surface area contributed by atoms with Crippen molar-refractivity contribution in [3.8, 4) is 11.5 Å². The Morgan fingerprint density at radius 2 is 2.00 bits per heavy atom. The highest BCUT2D eigenvalue weighted by Gasteiger charge is 2.04. The lowest BCUT2D eigenvalue weighted by Gasteiger charge is -2.13. The lowest BCUT2D eigenvalue weighted by molar-refractivity contribution is 0.310. The minimum absolute atomic E-state index is 0.650. The second-order valence-electron chi connectivity index (χ2n) is 4.40. The quantitative estimate of drug-likeness (QED) is 0.715. The topological polar surface area (TPSA) is 33.7 Å². The lowest BCUT2D eigenvalue weighted by atomic mass is 10.2. The molecule has 0 fully saturated rings. The molecule has 1 aromatic rings. The summed E-state index contributed by atoms with van der Waals surface area (Å²) < 4.78 is 10.8. The molecule has 18 heavy (non-hydrogen) atoms. The van der Waals surface area contributed by atoms with Crippen LogP contribution in [0.2, 0.25) is 0 Å². The van der Waals surface area contributed by atoms with Crippen molar-refractivity contribution in [3.63, 3.8) is 0 Å². The van der Waals surface area contributed by atoms with Crippen molar-refractivity contribution in [3.05, 3.63) is 23.8 Å². The number of ether oxygens (including phenoxy) is 2. The third-order valence-electron chi connectivity index (χ3n) is 2.59. The zero-order chi connectivity index (χ0) is 13.4. The van der Waals surface area contributed by atoms with Gasteiger partial charge < -0.3 is 19.7 Å². The van der Waals surface area contributed by atoms with Gasteiger partial charge in [-0.15, -0.1) is 0 Å². The number of rotatable bonds is 8. The number of methoxy groups -OCH3 is 1. The summed E-state index contributed by atoms with van der Waals surface area (Å²) in [6.07, 6.45) is 0. The summed E-state index contributed by atoms with van der Waals surface area (Å²) in [5, 5.41) is 3.40. The van der Waals surface area contributed by atoms with Gasteiger partial charge >= 0.3 is 0 Å². The second kappa shape index (κ2) is 7.95. The maximum absolute atomic E-state index is 5.49. The van der Waals surface area contributed by atoms with Gasteiger partial charge in [-0.05, 0) is 38.7 Å². The van der Waals surface area contributed by atoms with Crippen molar-refractivity contribution in [2.45, 2.75) is 13.5 Å². The minimum atomic E-state index is 0.650. The van der Waals surface area contributed by atoms with Crippen molar-refractivity contribution in [2.75, 3.05) is 40.9 Å². The molecule has 0 atom stereocenters. The van der Waals surface area contributed by atoms with E-state index in [2.05, 4.69) is 30.4 Å². The van der Waals surface area contributed by atoms with Gasteiger partial charge in [0.25, 0.3) is 0 Å².